The zero-order chi connectivity index (χ0) is 13.7. The van der Waals surface area contributed by atoms with E-state index >= 15 is 0 Å². The largest absolute Gasteiger partial charge is 0.200 e. The summed E-state index contributed by atoms with van der Waals surface area (Å²) in [4.78, 5) is 0. The van der Waals surface area contributed by atoms with E-state index in [0.717, 1.165) is 0 Å². The molecule has 0 heterocycles. The molecule has 0 N–H and O–H groups in total. The maximum atomic E-state index is 12.0. The Labute approximate surface area is 98.5 Å². The first-order valence-corrected chi connectivity index (χ1v) is 4.63. The van der Waals surface area contributed by atoms with Crippen molar-refractivity contribution in [2.75, 3.05) is 0 Å². The second-order valence-electron chi connectivity index (χ2n) is 3.04. The average Bonchev–Trinajstić information content (AvgIpc) is 2.43. The van der Waals surface area contributed by atoms with Crippen LogP contribution in [0, 0.1) is 34.9 Å². The SMILES string of the molecule is Fc1c(F)c(F)c(F)c(F)c1F.c1ccccc1. The van der Waals surface area contributed by atoms with Gasteiger partial charge in [-0.05, 0) is 0 Å². The van der Waals surface area contributed by atoms with Crippen molar-refractivity contribution in [2.24, 2.45) is 0 Å². The lowest BCUT2D eigenvalue weighted by atomic mass is 10.3. The second kappa shape index (κ2) is 6.09. The third-order valence-electron chi connectivity index (χ3n) is 1.82. The Morgan fingerprint density at radius 3 is 0.556 bits per heavy atom. The Kier molecular flexibility index (Phi) is 4.76. The minimum absolute atomic E-state index is 2.00. The van der Waals surface area contributed by atoms with Gasteiger partial charge in [0.15, 0.2) is 0 Å². The van der Waals surface area contributed by atoms with Gasteiger partial charge in [0.05, 0.1) is 0 Å². The Morgan fingerprint density at radius 2 is 0.444 bits per heavy atom. The lowest BCUT2D eigenvalue weighted by molar-refractivity contribution is 0.334. The molecule has 2 rings (SSSR count). The third kappa shape index (κ3) is 3.03. The molecule has 0 saturated carbocycles. The fourth-order valence-corrected chi connectivity index (χ4v) is 0.963. The zero-order valence-electron chi connectivity index (χ0n) is 8.73. The molecule has 0 nitrogen and oxygen atoms in total. The van der Waals surface area contributed by atoms with Crippen molar-refractivity contribution in [1.29, 1.82) is 0 Å². The predicted octanol–water partition coefficient (Wildman–Crippen LogP) is 4.21. The third-order valence-corrected chi connectivity index (χ3v) is 1.82. The summed E-state index contributed by atoms with van der Waals surface area (Å²) < 4.78 is 72.2. The van der Waals surface area contributed by atoms with E-state index in [1.807, 2.05) is 36.4 Å². The molecule has 96 valence electrons. The smallest absolute Gasteiger partial charge is 0.200 e. The lowest BCUT2D eigenvalue weighted by Crippen LogP contribution is -2.04. The van der Waals surface area contributed by atoms with Gasteiger partial charge in [-0.3, -0.25) is 0 Å². The van der Waals surface area contributed by atoms with Gasteiger partial charge < -0.3 is 0 Å². The molecule has 6 heteroatoms. The topological polar surface area (TPSA) is 0 Å². The van der Waals surface area contributed by atoms with Crippen LogP contribution in [0.1, 0.15) is 0 Å². The maximum absolute atomic E-state index is 12.0. The van der Waals surface area contributed by atoms with Gasteiger partial charge in [0.25, 0.3) is 0 Å². The van der Waals surface area contributed by atoms with Crippen molar-refractivity contribution in [3.63, 3.8) is 0 Å². The van der Waals surface area contributed by atoms with Gasteiger partial charge in [0, 0.05) is 0 Å². The highest BCUT2D eigenvalue weighted by atomic mass is 19.2. The normalized spacial score (nSPS) is 9.67. The van der Waals surface area contributed by atoms with Crippen molar-refractivity contribution in [3.05, 3.63) is 71.3 Å². The molecular weight excluding hydrogens is 258 g/mol. The molecule has 0 fully saturated rings. The van der Waals surface area contributed by atoms with Crippen molar-refractivity contribution < 1.29 is 26.3 Å². The summed E-state index contributed by atoms with van der Waals surface area (Å²) in [6, 6.07) is 12.0. The van der Waals surface area contributed by atoms with E-state index in [-0.39, 0.29) is 0 Å². The first-order valence-electron chi connectivity index (χ1n) is 4.63. The molecular formula is C12H6F6. The van der Waals surface area contributed by atoms with Gasteiger partial charge >= 0.3 is 0 Å². The fourth-order valence-electron chi connectivity index (χ4n) is 0.963. The quantitative estimate of drug-likeness (QED) is 0.380. The molecule has 18 heavy (non-hydrogen) atoms. The highest BCUT2D eigenvalue weighted by molar-refractivity contribution is 5.14. The Morgan fingerprint density at radius 1 is 0.333 bits per heavy atom. The van der Waals surface area contributed by atoms with Crippen molar-refractivity contribution in [1.82, 2.24) is 0 Å². The molecule has 0 aliphatic heterocycles. The summed E-state index contributed by atoms with van der Waals surface area (Å²) >= 11 is 0. The second-order valence-corrected chi connectivity index (χ2v) is 3.04. The summed E-state index contributed by atoms with van der Waals surface area (Å²) in [6.45, 7) is 0. The summed E-state index contributed by atoms with van der Waals surface area (Å²) in [5.74, 6) is -14.2. The van der Waals surface area contributed by atoms with Crippen molar-refractivity contribution in [3.8, 4) is 0 Å². The first kappa shape index (κ1) is 14.1. The van der Waals surface area contributed by atoms with E-state index in [0.29, 0.717) is 0 Å². The molecule has 0 saturated heterocycles. The molecule has 0 amide bonds. The zero-order valence-corrected chi connectivity index (χ0v) is 8.73. The van der Waals surface area contributed by atoms with Gasteiger partial charge in [0.2, 0.25) is 34.9 Å². The number of rotatable bonds is 0. The number of benzene rings is 2. The molecule has 0 aliphatic carbocycles. The Hall–Kier alpha value is -1.98. The lowest BCUT2D eigenvalue weighted by Gasteiger charge is -1.99. The van der Waals surface area contributed by atoms with Crippen LogP contribution in [0.25, 0.3) is 0 Å². The van der Waals surface area contributed by atoms with Crippen LogP contribution >= 0.6 is 0 Å². The van der Waals surface area contributed by atoms with E-state index in [4.69, 9.17) is 0 Å². The van der Waals surface area contributed by atoms with E-state index in [1.54, 1.807) is 0 Å². The summed E-state index contributed by atoms with van der Waals surface area (Å²) in [5.41, 5.74) is 0. The molecule has 2 aromatic rings. The van der Waals surface area contributed by atoms with Crippen LogP contribution in [0.2, 0.25) is 0 Å². The van der Waals surface area contributed by atoms with Gasteiger partial charge in [-0.2, -0.15) is 0 Å². The molecule has 0 radical (unpaired) electrons. The minimum atomic E-state index is -2.37. The highest BCUT2D eigenvalue weighted by Gasteiger charge is 2.25. The van der Waals surface area contributed by atoms with Crippen LogP contribution < -0.4 is 0 Å². The van der Waals surface area contributed by atoms with Gasteiger partial charge in [0.1, 0.15) is 0 Å². The Bertz CT molecular complexity index is 392. The maximum Gasteiger partial charge on any atom is 0.200 e. The molecule has 0 aromatic heterocycles. The van der Waals surface area contributed by atoms with Crippen LogP contribution in [0.4, 0.5) is 26.3 Å². The summed E-state index contributed by atoms with van der Waals surface area (Å²) in [5, 5.41) is 0. The summed E-state index contributed by atoms with van der Waals surface area (Å²) in [6.07, 6.45) is 0. The van der Waals surface area contributed by atoms with Crippen molar-refractivity contribution in [2.45, 2.75) is 0 Å². The van der Waals surface area contributed by atoms with Crippen LogP contribution in [-0.4, -0.2) is 0 Å². The van der Waals surface area contributed by atoms with Crippen LogP contribution in [0.5, 0.6) is 0 Å². The first-order chi connectivity index (χ1) is 8.46. The van der Waals surface area contributed by atoms with E-state index in [9.17, 15) is 26.3 Å². The van der Waals surface area contributed by atoms with E-state index < -0.39 is 34.9 Å². The number of hydrogen-bond acceptors (Lipinski definition) is 0. The van der Waals surface area contributed by atoms with Crippen molar-refractivity contribution >= 4 is 0 Å². The van der Waals surface area contributed by atoms with E-state index in [1.165, 1.54) is 0 Å². The molecule has 0 aliphatic rings. The minimum Gasteiger partial charge on any atom is -0.200 e. The molecule has 2 aromatic carbocycles. The fraction of sp³-hybridized carbons (Fsp3) is 0. The molecule has 0 spiro atoms. The molecule has 0 bridgehead atoms. The van der Waals surface area contributed by atoms with Crippen LogP contribution in [-0.2, 0) is 0 Å². The number of hydrogen-bond donors (Lipinski definition) is 0. The van der Waals surface area contributed by atoms with Gasteiger partial charge in [-0.15, -0.1) is 0 Å². The van der Waals surface area contributed by atoms with Gasteiger partial charge in [-0.1, -0.05) is 36.4 Å². The monoisotopic (exact) mass is 264 g/mol. The summed E-state index contributed by atoms with van der Waals surface area (Å²) in [7, 11) is 0. The Balaban J connectivity index is 0.000000225. The van der Waals surface area contributed by atoms with Crippen LogP contribution in [0.3, 0.4) is 0 Å². The van der Waals surface area contributed by atoms with Gasteiger partial charge in [-0.25, -0.2) is 26.3 Å². The molecule has 0 unspecified atom stereocenters. The number of halogens is 6. The van der Waals surface area contributed by atoms with Crippen LogP contribution in [0.15, 0.2) is 36.4 Å². The average molecular weight is 264 g/mol. The van der Waals surface area contributed by atoms with E-state index in [2.05, 4.69) is 0 Å². The standard InChI is InChI=1S/C6F6.C6H6/c7-1-2(8)4(10)6(12)5(11)3(1)9;1-2-4-6-5-3-1/h;1-6H. The predicted molar refractivity (Wildman–Crippen MR) is 52.6 cm³/mol. The highest BCUT2D eigenvalue weighted by Crippen LogP contribution is 2.20. The molecule has 0 atom stereocenters.